The molecule has 2 N–H and O–H groups in total. The molecular formula is C9H18N2O3S. The standard InChI is InChI=1S/C9H18N2O3S/c1-3-11(2)5-4-10-8(12)6-15-7-9(13)14/h3-7H2,1-2H3,(H,10,12)(H,13,14). The lowest BCUT2D eigenvalue weighted by atomic mass is 10.5. The highest BCUT2D eigenvalue weighted by Crippen LogP contribution is 1.97. The van der Waals surface area contributed by atoms with Crippen molar-refractivity contribution in [1.29, 1.82) is 0 Å². The summed E-state index contributed by atoms with van der Waals surface area (Å²) in [5, 5.41) is 11.1. The van der Waals surface area contributed by atoms with Crippen molar-refractivity contribution in [2.75, 3.05) is 38.2 Å². The number of nitrogens with one attached hydrogen (secondary N) is 1. The molecule has 0 aliphatic heterocycles. The monoisotopic (exact) mass is 234 g/mol. The van der Waals surface area contributed by atoms with E-state index in [4.69, 9.17) is 5.11 Å². The average molecular weight is 234 g/mol. The first-order valence-corrected chi connectivity index (χ1v) is 5.96. The van der Waals surface area contributed by atoms with Crippen LogP contribution < -0.4 is 5.32 Å². The van der Waals surface area contributed by atoms with Crippen LogP contribution in [0, 0.1) is 0 Å². The van der Waals surface area contributed by atoms with E-state index in [2.05, 4.69) is 10.2 Å². The summed E-state index contributed by atoms with van der Waals surface area (Å²) in [5.74, 6) is -0.811. The van der Waals surface area contributed by atoms with Crippen LogP contribution in [0.3, 0.4) is 0 Å². The second kappa shape index (κ2) is 8.55. The van der Waals surface area contributed by atoms with E-state index < -0.39 is 5.97 Å². The SMILES string of the molecule is CCN(C)CCNC(=O)CSCC(=O)O. The molecule has 0 radical (unpaired) electrons. The number of carbonyl (C=O) groups excluding carboxylic acids is 1. The van der Waals surface area contributed by atoms with Crippen molar-refractivity contribution in [3.8, 4) is 0 Å². The number of carbonyl (C=O) groups is 2. The molecule has 0 aliphatic carbocycles. The van der Waals surface area contributed by atoms with Crippen molar-refractivity contribution in [3.63, 3.8) is 0 Å². The van der Waals surface area contributed by atoms with Gasteiger partial charge < -0.3 is 15.3 Å². The van der Waals surface area contributed by atoms with Gasteiger partial charge in [-0.15, -0.1) is 11.8 Å². The van der Waals surface area contributed by atoms with Crippen LogP contribution in [0.15, 0.2) is 0 Å². The maximum absolute atomic E-state index is 11.2. The molecule has 0 aromatic heterocycles. The average Bonchev–Trinajstić information content (AvgIpc) is 2.17. The molecule has 0 aromatic rings. The van der Waals surface area contributed by atoms with Crippen LogP contribution >= 0.6 is 11.8 Å². The Morgan fingerprint density at radius 3 is 2.60 bits per heavy atom. The Labute approximate surface area is 94.2 Å². The van der Waals surface area contributed by atoms with E-state index in [1.165, 1.54) is 0 Å². The van der Waals surface area contributed by atoms with Crippen molar-refractivity contribution in [1.82, 2.24) is 10.2 Å². The highest BCUT2D eigenvalue weighted by Gasteiger charge is 2.03. The fraction of sp³-hybridized carbons (Fsp3) is 0.778. The molecule has 0 heterocycles. The largest absolute Gasteiger partial charge is 0.481 e. The van der Waals surface area contributed by atoms with E-state index in [-0.39, 0.29) is 17.4 Å². The van der Waals surface area contributed by atoms with Gasteiger partial charge in [0, 0.05) is 13.1 Å². The van der Waals surface area contributed by atoms with Crippen LogP contribution in [0.4, 0.5) is 0 Å². The van der Waals surface area contributed by atoms with Crippen LogP contribution in [0.2, 0.25) is 0 Å². The Kier molecular flexibility index (Phi) is 8.12. The minimum absolute atomic E-state index is 0.0255. The van der Waals surface area contributed by atoms with Crippen LogP contribution in [-0.2, 0) is 9.59 Å². The lowest BCUT2D eigenvalue weighted by Crippen LogP contribution is -2.33. The van der Waals surface area contributed by atoms with Crippen LogP contribution in [0.25, 0.3) is 0 Å². The second-order valence-electron chi connectivity index (χ2n) is 3.13. The maximum atomic E-state index is 11.2. The zero-order valence-corrected chi connectivity index (χ0v) is 9.97. The first-order chi connectivity index (χ1) is 7.06. The van der Waals surface area contributed by atoms with Crippen molar-refractivity contribution in [3.05, 3.63) is 0 Å². The van der Waals surface area contributed by atoms with Gasteiger partial charge in [0.25, 0.3) is 0 Å². The Morgan fingerprint density at radius 2 is 2.07 bits per heavy atom. The number of carboxylic acid groups (broad SMARTS) is 1. The van der Waals surface area contributed by atoms with Gasteiger partial charge in [-0.1, -0.05) is 6.92 Å². The van der Waals surface area contributed by atoms with Crippen molar-refractivity contribution in [2.24, 2.45) is 0 Å². The third-order valence-corrected chi connectivity index (χ3v) is 2.73. The third-order valence-electron chi connectivity index (χ3n) is 1.81. The highest BCUT2D eigenvalue weighted by molar-refractivity contribution is 8.00. The molecule has 0 saturated carbocycles. The number of amides is 1. The van der Waals surface area contributed by atoms with E-state index >= 15 is 0 Å². The maximum Gasteiger partial charge on any atom is 0.313 e. The molecule has 88 valence electrons. The molecule has 6 heteroatoms. The Balaban J connectivity index is 3.37. The molecule has 15 heavy (non-hydrogen) atoms. The fourth-order valence-corrected chi connectivity index (χ4v) is 1.39. The van der Waals surface area contributed by atoms with Gasteiger partial charge in [-0.25, -0.2) is 0 Å². The predicted molar refractivity (Wildman–Crippen MR) is 61.1 cm³/mol. The first-order valence-electron chi connectivity index (χ1n) is 4.81. The lowest BCUT2D eigenvalue weighted by molar-refractivity contribution is -0.133. The number of hydrogen-bond donors (Lipinski definition) is 2. The summed E-state index contributed by atoms with van der Waals surface area (Å²) in [7, 11) is 1.98. The Bertz CT molecular complexity index is 212. The molecule has 0 unspecified atom stereocenters. The molecule has 0 spiro atoms. The number of aliphatic carboxylic acids is 1. The number of nitrogens with zero attached hydrogens (tertiary/aromatic N) is 1. The molecule has 0 atom stereocenters. The summed E-state index contributed by atoms with van der Waals surface area (Å²) >= 11 is 1.11. The van der Waals surface area contributed by atoms with Gasteiger partial charge in [-0.2, -0.15) is 0 Å². The molecule has 1 amide bonds. The minimum Gasteiger partial charge on any atom is -0.481 e. The van der Waals surface area contributed by atoms with E-state index in [1.54, 1.807) is 0 Å². The minimum atomic E-state index is -0.890. The van der Waals surface area contributed by atoms with Crippen molar-refractivity contribution >= 4 is 23.6 Å². The number of likely N-dealkylation sites (N-methyl/N-ethyl adjacent to an activating group) is 1. The van der Waals surface area contributed by atoms with Gasteiger partial charge in [-0.3, -0.25) is 9.59 Å². The number of hydrogen-bond acceptors (Lipinski definition) is 4. The Hall–Kier alpha value is -0.750. The van der Waals surface area contributed by atoms with E-state index in [0.29, 0.717) is 6.54 Å². The Morgan fingerprint density at radius 1 is 1.40 bits per heavy atom. The first kappa shape index (κ1) is 14.2. The quantitative estimate of drug-likeness (QED) is 0.612. The van der Waals surface area contributed by atoms with Gasteiger partial charge in [-0.05, 0) is 13.6 Å². The third kappa shape index (κ3) is 9.55. The van der Waals surface area contributed by atoms with E-state index in [9.17, 15) is 9.59 Å². The fourth-order valence-electron chi connectivity index (χ4n) is 0.826. The normalized spacial score (nSPS) is 10.3. The topological polar surface area (TPSA) is 69.6 Å². The van der Waals surface area contributed by atoms with Crippen LogP contribution in [-0.4, -0.2) is 60.1 Å². The number of thioether (sulfide) groups is 1. The van der Waals surface area contributed by atoms with Crippen LogP contribution in [0.5, 0.6) is 0 Å². The van der Waals surface area contributed by atoms with Crippen molar-refractivity contribution < 1.29 is 14.7 Å². The molecule has 0 bridgehead atoms. The second-order valence-corrected chi connectivity index (χ2v) is 4.12. The zero-order chi connectivity index (χ0) is 11.7. The summed E-state index contributed by atoms with van der Waals surface area (Å²) in [6, 6.07) is 0. The van der Waals surface area contributed by atoms with Crippen molar-refractivity contribution in [2.45, 2.75) is 6.92 Å². The zero-order valence-electron chi connectivity index (χ0n) is 9.15. The molecule has 0 saturated heterocycles. The molecule has 0 rings (SSSR count). The number of carboxylic acids is 1. The predicted octanol–water partition coefficient (Wildman–Crippen LogP) is -0.128. The van der Waals surface area contributed by atoms with Gasteiger partial charge in [0.1, 0.15) is 0 Å². The van der Waals surface area contributed by atoms with E-state index in [1.807, 2.05) is 14.0 Å². The molecule has 0 aromatic carbocycles. The lowest BCUT2D eigenvalue weighted by Gasteiger charge is -2.13. The smallest absolute Gasteiger partial charge is 0.313 e. The summed E-state index contributed by atoms with van der Waals surface area (Å²) in [5.41, 5.74) is 0. The summed E-state index contributed by atoms with van der Waals surface area (Å²) in [4.78, 5) is 23.4. The van der Waals surface area contributed by atoms with Gasteiger partial charge >= 0.3 is 5.97 Å². The molecule has 0 aliphatic rings. The molecule has 5 nitrogen and oxygen atoms in total. The van der Waals surface area contributed by atoms with Crippen LogP contribution in [0.1, 0.15) is 6.92 Å². The highest BCUT2D eigenvalue weighted by atomic mass is 32.2. The summed E-state index contributed by atoms with van der Waals surface area (Å²) in [6.45, 7) is 4.41. The molecule has 0 fully saturated rings. The van der Waals surface area contributed by atoms with Gasteiger partial charge in [0.15, 0.2) is 0 Å². The summed E-state index contributed by atoms with van der Waals surface area (Å²) in [6.07, 6.45) is 0. The van der Waals surface area contributed by atoms with Gasteiger partial charge in [0.05, 0.1) is 11.5 Å². The number of rotatable bonds is 8. The van der Waals surface area contributed by atoms with Gasteiger partial charge in [0.2, 0.25) is 5.91 Å². The molecular weight excluding hydrogens is 216 g/mol. The summed E-state index contributed by atoms with van der Waals surface area (Å²) < 4.78 is 0. The van der Waals surface area contributed by atoms with E-state index in [0.717, 1.165) is 24.9 Å².